The van der Waals surface area contributed by atoms with E-state index in [1.165, 1.54) is 0 Å². The molecule has 0 bridgehead atoms. The van der Waals surface area contributed by atoms with Crippen molar-refractivity contribution in [2.24, 2.45) is 0 Å². The number of amides is 1. The van der Waals surface area contributed by atoms with Gasteiger partial charge in [-0.25, -0.2) is 4.98 Å². The van der Waals surface area contributed by atoms with E-state index in [-0.39, 0.29) is 11.4 Å². The van der Waals surface area contributed by atoms with Crippen LogP contribution >= 0.6 is 0 Å². The van der Waals surface area contributed by atoms with E-state index in [0.717, 1.165) is 24.2 Å². The number of fused-ring (bicyclic) bond motifs is 1. The molecular weight excluding hydrogens is 368 g/mol. The van der Waals surface area contributed by atoms with Crippen LogP contribution in [0.2, 0.25) is 0 Å². The third-order valence-electron chi connectivity index (χ3n) is 5.37. The third-order valence-corrected chi connectivity index (χ3v) is 5.37. The molecule has 1 amide bonds. The lowest BCUT2D eigenvalue weighted by Crippen LogP contribution is -2.24. The molecule has 7 nitrogen and oxygen atoms in total. The molecule has 2 N–H and O–H groups in total. The summed E-state index contributed by atoms with van der Waals surface area (Å²) in [4.78, 5) is 22.3. The van der Waals surface area contributed by atoms with Gasteiger partial charge in [0.1, 0.15) is 23.2 Å². The summed E-state index contributed by atoms with van der Waals surface area (Å²) < 4.78 is 11.2. The van der Waals surface area contributed by atoms with Gasteiger partial charge in [0, 0.05) is 24.1 Å². The number of nitrogens with zero attached hydrogens (tertiary/aromatic N) is 2. The average molecular weight is 394 g/mol. The minimum Gasteiger partial charge on any atom is -0.496 e. The fourth-order valence-electron chi connectivity index (χ4n) is 3.39. The number of furan rings is 1. The quantitative estimate of drug-likeness (QED) is 0.630. The molecule has 7 heteroatoms. The van der Waals surface area contributed by atoms with Gasteiger partial charge in [-0.1, -0.05) is 25.1 Å². The van der Waals surface area contributed by atoms with Crippen LogP contribution in [-0.4, -0.2) is 28.5 Å². The van der Waals surface area contributed by atoms with Gasteiger partial charge in [0.2, 0.25) is 5.71 Å². The van der Waals surface area contributed by atoms with Crippen molar-refractivity contribution in [3.05, 3.63) is 47.0 Å². The Kier molecular flexibility index (Phi) is 4.90. The van der Waals surface area contributed by atoms with Gasteiger partial charge in [-0.15, -0.1) is 0 Å². The molecule has 0 radical (unpaired) electrons. The number of hydrogen-bond donors (Lipinski definition) is 2. The summed E-state index contributed by atoms with van der Waals surface area (Å²) in [6.45, 7) is 6.29. The molecule has 1 saturated carbocycles. The zero-order valence-corrected chi connectivity index (χ0v) is 17.3. The molecule has 1 aliphatic rings. The van der Waals surface area contributed by atoms with Crippen molar-refractivity contribution in [3.63, 3.8) is 0 Å². The molecule has 2 heterocycles. The third kappa shape index (κ3) is 3.77. The summed E-state index contributed by atoms with van der Waals surface area (Å²) in [6.07, 6.45) is 2.84. The van der Waals surface area contributed by atoms with Crippen LogP contribution < -0.4 is 15.4 Å². The molecule has 0 unspecified atom stereocenters. The maximum atomic E-state index is 13.1. The minimum absolute atomic E-state index is 0.0165. The van der Waals surface area contributed by atoms with Crippen LogP contribution in [-0.2, 0) is 13.0 Å². The first-order chi connectivity index (χ1) is 13.9. The highest BCUT2D eigenvalue weighted by atomic mass is 16.5. The Bertz CT molecular complexity index is 1070. The number of carbonyl (C=O) groups excluding carboxylic acids is 1. The number of hydrogen-bond acceptors (Lipinski definition) is 6. The van der Waals surface area contributed by atoms with E-state index in [2.05, 4.69) is 27.5 Å². The molecular formula is C22H26N4O3. The Morgan fingerprint density at radius 1 is 1.28 bits per heavy atom. The maximum absolute atomic E-state index is 13.1. The van der Waals surface area contributed by atoms with Crippen LogP contribution in [0.4, 0.5) is 5.82 Å². The average Bonchev–Trinajstić information content (AvgIpc) is 3.34. The van der Waals surface area contributed by atoms with Gasteiger partial charge >= 0.3 is 0 Å². The zero-order valence-electron chi connectivity index (χ0n) is 17.3. The van der Waals surface area contributed by atoms with Crippen LogP contribution in [0.15, 0.2) is 28.7 Å². The van der Waals surface area contributed by atoms with Gasteiger partial charge in [0.25, 0.3) is 5.91 Å². The lowest BCUT2D eigenvalue weighted by Gasteiger charge is -2.14. The molecule has 0 spiro atoms. The Labute approximate surface area is 169 Å². The van der Waals surface area contributed by atoms with Crippen LogP contribution in [0.25, 0.3) is 11.1 Å². The van der Waals surface area contributed by atoms with E-state index >= 15 is 0 Å². The van der Waals surface area contributed by atoms with Crippen LogP contribution in [0.1, 0.15) is 54.2 Å². The Balaban J connectivity index is 1.69. The Morgan fingerprint density at radius 3 is 2.72 bits per heavy atom. The number of aromatic nitrogens is 2. The summed E-state index contributed by atoms with van der Waals surface area (Å²) in [6, 6.07) is 7.62. The van der Waals surface area contributed by atoms with Gasteiger partial charge in [-0.2, -0.15) is 4.98 Å². The number of ether oxygens (including phenoxy) is 1. The second kappa shape index (κ2) is 7.39. The summed E-state index contributed by atoms with van der Waals surface area (Å²) in [7, 11) is 1.62. The largest absolute Gasteiger partial charge is 0.496 e. The highest BCUT2D eigenvalue weighted by Gasteiger charge is 2.38. The normalized spacial score (nSPS) is 14.6. The lowest BCUT2D eigenvalue weighted by atomic mass is 10.1. The standard InChI is InChI=1S/C22H26N4O3/c1-5-16-24-19(26-22(3)10-11-22)18-17(13(2)29-21(18)25-16)20(27)23-12-14-8-6-7-9-15(14)28-4/h6-9H,5,10-12H2,1-4H3,(H,23,27)(H,24,25,26). The predicted octanol–water partition coefficient (Wildman–Crippen LogP) is 4.00. The molecule has 1 aromatic carbocycles. The lowest BCUT2D eigenvalue weighted by molar-refractivity contribution is 0.0950. The molecule has 29 heavy (non-hydrogen) atoms. The molecule has 3 aromatic rings. The molecule has 2 aromatic heterocycles. The molecule has 0 aliphatic heterocycles. The topological polar surface area (TPSA) is 89.3 Å². The number of methoxy groups -OCH3 is 1. The summed E-state index contributed by atoms with van der Waals surface area (Å²) in [5, 5.41) is 7.12. The summed E-state index contributed by atoms with van der Waals surface area (Å²) >= 11 is 0. The van der Waals surface area contributed by atoms with Crippen molar-refractivity contribution in [1.82, 2.24) is 15.3 Å². The number of para-hydroxylation sites is 1. The van der Waals surface area contributed by atoms with Crippen molar-refractivity contribution < 1.29 is 13.9 Å². The van der Waals surface area contributed by atoms with Crippen molar-refractivity contribution in [2.45, 2.75) is 52.1 Å². The first-order valence-electron chi connectivity index (χ1n) is 9.92. The number of anilines is 1. The highest BCUT2D eigenvalue weighted by molar-refractivity contribution is 6.10. The zero-order chi connectivity index (χ0) is 20.6. The van der Waals surface area contributed by atoms with Crippen molar-refractivity contribution in [2.75, 3.05) is 12.4 Å². The number of benzene rings is 1. The first kappa shape index (κ1) is 19.2. The highest BCUT2D eigenvalue weighted by Crippen LogP contribution is 2.40. The van der Waals surface area contributed by atoms with Gasteiger partial charge in [-0.05, 0) is 32.8 Å². The molecule has 0 saturated heterocycles. The summed E-state index contributed by atoms with van der Waals surface area (Å²) in [5.41, 5.74) is 1.85. The minimum atomic E-state index is -0.219. The van der Waals surface area contributed by atoms with Gasteiger partial charge < -0.3 is 19.8 Å². The van der Waals surface area contributed by atoms with Gasteiger partial charge in [0.05, 0.1) is 18.1 Å². The van der Waals surface area contributed by atoms with E-state index in [4.69, 9.17) is 9.15 Å². The SMILES string of the molecule is CCc1nc(NC2(C)CC2)c2c(C(=O)NCc3ccccc3OC)c(C)oc2n1. The summed E-state index contributed by atoms with van der Waals surface area (Å²) in [5.74, 6) is 2.42. The Morgan fingerprint density at radius 2 is 2.03 bits per heavy atom. The van der Waals surface area contributed by atoms with Crippen LogP contribution in [0.5, 0.6) is 5.75 Å². The molecule has 152 valence electrons. The van der Waals surface area contributed by atoms with Crippen molar-refractivity contribution >= 4 is 22.8 Å². The van der Waals surface area contributed by atoms with E-state index < -0.39 is 0 Å². The molecule has 4 rings (SSSR count). The fourth-order valence-corrected chi connectivity index (χ4v) is 3.39. The second-order valence-corrected chi connectivity index (χ2v) is 7.74. The molecule has 1 fully saturated rings. The monoisotopic (exact) mass is 394 g/mol. The van der Waals surface area contributed by atoms with E-state index in [1.54, 1.807) is 14.0 Å². The predicted molar refractivity (Wildman–Crippen MR) is 111 cm³/mol. The molecule has 0 atom stereocenters. The maximum Gasteiger partial charge on any atom is 0.255 e. The van der Waals surface area contributed by atoms with Gasteiger partial charge in [-0.3, -0.25) is 4.79 Å². The molecule has 1 aliphatic carbocycles. The number of nitrogens with one attached hydrogen (secondary N) is 2. The number of carbonyl (C=O) groups is 1. The smallest absolute Gasteiger partial charge is 0.255 e. The van der Waals surface area contributed by atoms with E-state index in [1.807, 2.05) is 31.2 Å². The fraction of sp³-hybridized carbons (Fsp3) is 0.409. The van der Waals surface area contributed by atoms with E-state index in [9.17, 15) is 4.79 Å². The van der Waals surface area contributed by atoms with Gasteiger partial charge in [0.15, 0.2) is 0 Å². The van der Waals surface area contributed by atoms with E-state index in [0.29, 0.717) is 47.0 Å². The number of rotatable bonds is 7. The van der Waals surface area contributed by atoms with Crippen molar-refractivity contribution in [1.29, 1.82) is 0 Å². The Hall–Kier alpha value is -3.09. The second-order valence-electron chi connectivity index (χ2n) is 7.74. The number of aryl methyl sites for hydroxylation is 2. The van der Waals surface area contributed by atoms with Crippen LogP contribution in [0, 0.1) is 6.92 Å². The first-order valence-corrected chi connectivity index (χ1v) is 9.92. The van der Waals surface area contributed by atoms with Crippen LogP contribution in [0.3, 0.4) is 0 Å². The van der Waals surface area contributed by atoms with Crippen molar-refractivity contribution in [3.8, 4) is 5.75 Å².